The average Bonchev–Trinajstić information content (AvgIpc) is 1.94. The quantitative estimate of drug-likeness (QED) is 0.525. The molecule has 0 amide bonds. The Hall–Kier alpha value is -0.380. The molecule has 1 aliphatic rings. The summed E-state index contributed by atoms with van der Waals surface area (Å²) in [5, 5.41) is 29.3. The van der Waals surface area contributed by atoms with Crippen LogP contribution in [-0.2, 0) is 0 Å². The Labute approximate surface area is 78.7 Å². The first-order valence-electron chi connectivity index (χ1n) is 4.54. The second-order valence-electron chi connectivity index (χ2n) is 4.67. The smallest absolute Gasteiger partial charge is 0.111 e. The van der Waals surface area contributed by atoms with Crippen molar-refractivity contribution in [2.45, 2.75) is 50.4 Å². The van der Waals surface area contributed by atoms with E-state index in [4.69, 9.17) is 0 Å². The van der Waals surface area contributed by atoms with Crippen molar-refractivity contribution in [2.75, 3.05) is 0 Å². The van der Waals surface area contributed by atoms with Crippen molar-refractivity contribution in [3.63, 3.8) is 0 Å². The van der Waals surface area contributed by atoms with Gasteiger partial charge in [0, 0.05) is 0 Å². The minimum Gasteiger partial charge on any atom is -0.387 e. The summed E-state index contributed by atoms with van der Waals surface area (Å²) in [5.41, 5.74) is -3.23. The van der Waals surface area contributed by atoms with Gasteiger partial charge in [-0.2, -0.15) is 0 Å². The van der Waals surface area contributed by atoms with Gasteiger partial charge in [0.2, 0.25) is 0 Å². The van der Waals surface area contributed by atoms with Crippen LogP contribution in [0, 0.1) is 0 Å². The number of hydrogen-bond donors (Lipinski definition) is 3. The van der Waals surface area contributed by atoms with Crippen molar-refractivity contribution >= 4 is 0 Å². The highest BCUT2D eigenvalue weighted by molar-refractivity contribution is 5.18. The SMILES string of the molecule is CC(C)(O)[C@]1(O)C=C[C@](C)(O)CC1. The first kappa shape index (κ1) is 10.7. The zero-order chi connectivity index (χ0) is 10.3. The van der Waals surface area contributed by atoms with E-state index >= 15 is 0 Å². The third-order valence-electron chi connectivity index (χ3n) is 2.79. The van der Waals surface area contributed by atoms with Crippen LogP contribution in [0.3, 0.4) is 0 Å². The Kier molecular flexibility index (Phi) is 2.31. The monoisotopic (exact) mass is 186 g/mol. The van der Waals surface area contributed by atoms with Gasteiger partial charge in [0.25, 0.3) is 0 Å². The largest absolute Gasteiger partial charge is 0.387 e. The Morgan fingerprint density at radius 3 is 2.00 bits per heavy atom. The predicted molar refractivity (Wildman–Crippen MR) is 50.2 cm³/mol. The lowest BCUT2D eigenvalue weighted by Crippen LogP contribution is -2.51. The average molecular weight is 186 g/mol. The molecule has 0 aliphatic heterocycles. The Bertz CT molecular complexity index is 225. The van der Waals surface area contributed by atoms with Crippen LogP contribution in [0.1, 0.15) is 33.6 Å². The zero-order valence-corrected chi connectivity index (χ0v) is 8.41. The molecule has 0 spiro atoms. The first-order chi connectivity index (χ1) is 5.66. The first-order valence-corrected chi connectivity index (χ1v) is 4.54. The molecule has 1 aliphatic carbocycles. The van der Waals surface area contributed by atoms with E-state index in [9.17, 15) is 15.3 Å². The maximum atomic E-state index is 9.99. The molecular formula is C10H18O3. The maximum absolute atomic E-state index is 9.99. The van der Waals surface area contributed by atoms with Crippen LogP contribution in [0.15, 0.2) is 12.2 Å². The molecule has 3 heteroatoms. The van der Waals surface area contributed by atoms with E-state index in [0.29, 0.717) is 12.8 Å². The molecule has 0 unspecified atom stereocenters. The summed E-state index contributed by atoms with van der Waals surface area (Å²) in [4.78, 5) is 0. The molecule has 13 heavy (non-hydrogen) atoms. The van der Waals surface area contributed by atoms with E-state index in [1.54, 1.807) is 26.8 Å². The Morgan fingerprint density at radius 1 is 1.15 bits per heavy atom. The van der Waals surface area contributed by atoms with Gasteiger partial charge in [0.1, 0.15) is 5.60 Å². The molecule has 2 atom stereocenters. The minimum atomic E-state index is -1.21. The Balaban J connectivity index is 2.88. The van der Waals surface area contributed by atoms with E-state index in [1.807, 2.05) is 0 Å². The predicted octanol–water partition coefficient (Wildman–Crippen LogP) is 0.589. The standard InChI is InChI=1S/C10H18O3/c1-8(2,11)10(13)6-4-9(3,12)5-7-10/h4,6,11-13H,5,7H2,1-3H3/t9-,10-/m0/s1. The van der Waals surface area contributed by atoms with Gasteiger partial charge in [-0.05, 0) is 33.6 Å². The maximum Gasteiger partial charge on any atom is 0.111 e. The van der Waals surface area contributed by atoms with Crippen molar-refractivity contribution in [1.82, 2.24) is 0 Å². The van der Waals surface area contributed by atoms with Gasteiger partial charge in [-0.15, -0.1) is 0 Å². The van der Waals surface area contributed by atoms with E-state index in [1.165, 1.54) is 6.08 Å². The van der Waals surface area contributed by atoms with Crippen LogP contribution in [-0.4, -0.2) is 32.1 Å². The summed E-state index contributed by atoms with van der Waals surface area (Å²) in [7, 11) is 0. The number of aliphatic hydroxyl groups is 3. The summed E-state index contributed by atoms with van der Waals surface area (Å²) in [6.07, 6.45) is 3.88. The van der Waals surface area contributed by atoms with Crippen LogP contribution >= 0.6 is 0 Å². The van der Waals surface area contributed by atoms with Gasteiger partial charge in [-0.3, -0.25) is 0 Å². The highest BCUT2D eigenvalue weighted by atomic mass is 16.4. The van der Waals surface area contributed by atoms with Crippen molar-refractivity contribution in [1.29, 1.82) is 0 Å². The van der Waals surface area contributed by atoms with Gasteiger partial charge in [-0.1, -0.05) is 12.2 Å². The van der Waals surface area contributed by atoms with Gasteiger partial charge >= 0.3 is 0 Å². The van der Waals surface area contributed by atoms with E-state index in [2.05, 4.69) is 0 Å². The lowest BCUT2D eigenvalue weighted by molar-refractivity contribution is -0.117. The molecule has 0 saturated heterocycles. The van der Waals surface area contributed by atoms with Crippen LogP contribution in [0.4, 0.5) is 0 Å². The summed E-state index contributed by atoms with van der Waals surface area (Å²) < 4.78 is 0. The fraction of sp³-hybridized carbons (Fsp3) is 0.800. The third kappa shape index (κ3) is 2.10. The summed E-state index contributed by atoms with van der Waals surface area (Å²) in [6, 6.07) is 0. The summed E-state index contributed by atoms with van der Waals surface area (Å²) in [5.74, 6) is 0. The molecule has 3 nitrogen and oxygen atoms in total. The molecule has 0 fully saturated rings. The second-order valence-corrected chi connectivity index (χ2v) is 4.67. The molecule has 0 bridgehead atoms. The highest BCUT2D eigenvalue weighted by Gasteiger charge is 2.43. The molecule has 0 aromatic rings. The fourth-order valence-electron chi connectivity index (χ4n) is 1.44. The number of rotatable bonds is 1. The Morgan fingerprint density at radius 2 is 1.69 bits per heavy atom. The topological polar surface area (TPSA) is 60.7 Å². The molecule has 0 aromatic heterocycles. The minimum absolute atomic E-state index is 0.375. The van der Waals surface area contributed by atoms with Crippen LogP contribution < -0.4 is 0 Å². The van der Waals surface area contributed by atoms with Gasteiger partial charge in [0.05, 0.1) is 11.2 Å². The molecule has 0 radical (unpaired) electrons. The lowest BCUT2D eigenvalue weighted by atomic mass is 9.75. The van der Waals surface area contributed by atoms with Crippen LogP contribution in [0.5, 0.6) is 0 Å². The fourth-order valence-corrected chi connectivity index (χ4v) is 1.44. The molecule has 1 rings (SSSR count). The molecule has 0 heterocycles. The molecule has 3 N–H and O–H groups in total. The van der Waals surface area contributed by atoms with Gasteiger partial charge in [0.15, 0.2) is 0 Å². The molecular weight excluding hydrogens is 168 g/mol. The molecule has 0 saturated carbocycles. The normalized spacial score (nSPS) is 40.8. The van der Waals surface area contributed by atoms with Gasteiger partial charge < -0.3 is 15.3 Å². The lowest BCUT2D eigenvalue weighted by Gasteiger charge is -2.41. The van der Waals surface area contributed by atoms with E-state index in [-0.39, 0.29) is 0 Å². The summed E-state index contributed by atoms with van der Waals surface area (Å²) in [6.45, 7) is 4.82. The summed E-state index contributed by atoms with van der Waals surface area (Å²) >= 11 is 0. The van der Waals surface area contributed by atoms with Crippen LogP contribution in [0.25, 0.3) is 0 Å². The highest BCUT2D eigenvalue weighted by Crippen LogP contribution is 2.35. The third-order valence-corrected chi connectivity index (χ3v) is 2.79. The van der Waals surface area contributed by atoms with Crippen molar-refractivity contribution in [3.05, 3.63) is 12.2 Å². The van der Waals surface area contributed by atoms with Gasteiger partial charge in [-0.25, -0.2) is 0 Å². The molecule has 76 valence electrons. The van der Waals surface area contributed by atoms with E-state index in [0.717, 1.165) is 0 Å². The van der Waals surface area contributed by atoms with E-state index < -0.39 is 16.8 Å². The van der Waals surface area contributed by atoms with Crippen LogP contribution in [0.2, 0.25) is 0 Å². The number of hydrogen-bond acceptors (Lipinski definition) is 3. The zero-order valence-electron chi connectivity index (χ0n) is 8.41. The second kappa shape index (κ2) is 2.80. The van der Waals surface area contributed by atoms with Crippen molar-refractivity contribution in [3.8, 4) is 0 Å². The molecule has 0 aromatic carbocycles. The van der Waals surface area contributed by atoms with Crippen molar-refractivity contribution < 1.29 is 15.3 Å². The van der Waals surface area contributed by atoms with Crippen molar-refractivity contribution in [2.24, 2.45) is 0 Å².